The van der Waals surface area contributed by atoms with E-state index in [9.17, 15) is 4.79 Å². The molecule has 2 aromatic carbocycles. The Morgan fingerprint density at radius 2 is 1.82 bits per heavy atom. The predicted octanol–water partition coefficient (Wildman–Crippen LogP) is 3.73. The number of halogens is 1. The minimum atomic E-state index is -0.164. The van der Waals surface area contributed by atoms with Crippen LogP contribution in [0.2, 0.25) is 0 Å². The molecule has 0 aliphatic carbocycles. The zero-order valence-corrected chi connectivity index (χ0v) is 16.3. The van der Waals surface area contributed by atoms with Gasteiger partial charge in [0.15, 0.2) is 11.5 Å². The van der Waals surface area contributed by atoms with Crippen molar-refractivity contribution in [1.29, 1.82) is 0 Å². The van der Waals surface area contributed by atoms with E-state index >= 15 is 0 Å². The summed E-state index contributed by atoms with van der Waals surface area (Å²) in [5.41, 5.74) is 1.83. The smallest absolute Gasteiger partial charge is 0.231 e. The molecule has 28 heavy (non-hydrogen) atoms. The molecule has 0 radical (unpaired) electrons. The molecule has 0 saturated carbocycles. The van der Waals surface area contributed by atoms with Gasteiger partial charge in [0.25, 0.3) is 0 Å². The molecule has 1 amide bonds. The Hall–Kier alpha value is -3.13. The molecule has 0 spiro atoms. The number of nitrogens with zero attached hydrogens (tertiary/aromatic N) is 2. The zero-order chi connectivity index (χ0) is 19.3. The number of amides is 1. The first-order chi connectivity index (χ1) is 13.7. The number of fused-ring (bicyclic) bond motifs is 1. The van der Waals surface area contributed by atoms with Gasteiger partial charge < -0.3 is 19.5 Å². The molecule has 0 bridgehead atoms. The number of benzene rings is 2. The molecule has 0 saturated heterocycles. The molecule has 1 aliphatic heterocycles. The van der Waals surface area contributed by atoms with E-state index in [4.69, 9.17) is 14.2 Å². The highest BCUT2D eigenvalue weighted by molar-refractivity contribution is 9.10. The SMILES string of the molecule is O=C(Cc1ccc(Br)cc1)Nc1cc(OCc2ccc3c(c2)OCO3)ncn1. The topological polar surface area (TPSA) is 82.6 Å². The summed E-state index contributed by atoms with van der Waals surface area (Å²) >= 11 is 3.37. The van der Waals surface area contributed by atoms with Crippen molar-refractivity contribution in [2.75, 3.05) is 12.1 Å². The number of rotatable bonds is 6. The molecule has 142 valence electrons. The quantitative estimate of drug-likeness (QED) is 0.627. The summed E-state index contributed by atoms with van der Waals surface area (Å²) in [4.78, 5) is 20.4. The number of carbonyl (C=O) groups is 1. The Labute approximate surface area is 169 Å². The zero-order valence-electron chi connectivity index (χ0n) is 14.7. The highest BCUT2D eigenvalue weighted by Gasteiger charge is 2.13. The van der Waals surface area contributed by atoms with Gasteiger partial charge in [0, 0.05) is 10.5 Å². The van der Waals surface area contributed by atoms with Crippen LogP contribution in [0.25, 0.3) is 0 Å². The molecular formula is C20H16BrN3O4. The first kappa shape index (κ1) is 18.2. The monoisotopic (exact) mass is 441 g/mol. The van der Waals surface area contributed by atoms with Crippen molar-refractivity contribution in [3.8, 4) is 17.4 Å². The molecule has 0 unspecified atom stereocenters. The van der Waals surface area contributed by atoms with Crippen molar-refractivity contribution in [3.63, 3.8) is 0 Å². The van der Waals surface area contributed by atoms with Crippen LogP contribution in [0.15, 0.2) is 59.3 Å². The van der Waals surface area contributed by atoms with Crippen molar-refractivity contribution >= 4 is 27.7 Å². The standard InChI is InChI=1S/C20H16BrN3O4/c21-15-4-1-13(2-5-15)8-19(25)24-18-9-20(23-11-22-18)26-10-14-3-6-16-17(7-14)28-12-27-16/h1-7,9,11H,8,10,12H2,(H,22,23,24,25). The van der Waals surface area contributed by atoms with Crippen molar-refractivity contribution in [3.05, 3.63) is 70.5 Å². The highest BCUT2D eigenvalue weighted by atomic mass is 79.9. The molecule has 1 aromatic heterocycles. The van der Waals surface area contributed by atoms with Gasteiger partial charge in [-0.15, -0.1) is 0 Å². The van der Waals surface area contributed by atoms with E-state index in [1.54, 1.807) is 6.07 Å². The number of nitrogens with one attached hydrogen (secondary N) is 1. The summed E-state index contributed by atoms with van der Waals surface area (Å²) in [6, 6.07) is 14.8. The van der Waals surface area contributed by atoms with E-state index in [1.807, 2.05) is 42.5 Å². The van der Waals surface area contributed by atoms with Crippen LogP contribution in [0.5, 0.6) is 17.4 Å². The number of hydrogen-bond donors (Lipinski definition) is 1. The van der Waals surface area contributed by atoms with E-state index in [2.05, 4.69) is 31.2 Å². The molecule has 7 nitrogen and oxygen atoms in total. The Morgan fingerprint density at radius 3 is 2.68 bits per heavy atom. The molecule has 8 heteroatoms. The molecule has 2 heterocycles. The van der Waals surface area contributed by atoms with Crippen LogP contribution in [-0.2, 0) is 17.8 Å². The summed E-state index contributed by atoms with van der Waals surface area (Å²) in [6.45, 7) is 0.537. The number of carbonyl (C=O) groups excluding carboxylic acids is 1. The van der Waals surface area contributed by atoms with Crippen LogP contribution in [0.3, 0.4) is 0 Å². The van der Waals surface area contributed by atoms with Crippen molar-refractivity contribution in [2.24, 2.45) is 0 Å². The molecule has 1 N–H and O–H groups in total. The fourth-order valence-electron chi connectivity index (χ4n) is 2.65. The van der Waals surface area contributed by atoms with E-state index in [0.717, 1.165) is 21.3 Å². The number of aromatic nitrogens is 2. The molecule has 1 aliphatic rings. The normalized spacial score (nSPS) is 11.9. The largest absolute Gasteiger partial charge is 0.473 e. The Morgan fingerprint density at radius 1 is 1.04 bits per heavy atom. The summed E-state index contributed by atoms with van der Waals surface area (Å²) in [5.74, 6) is 2.01. The summed E-state index contributed by atoms with van der Waals surface area (Å²) in [6.07, 6.45) is 1.61. The number of anilines is 1. The van der Waals surface area contributed by atoms with Gasteiger partial charge in [0.05, 0.1) is 6.42 Å². The summed E-state index contributed by atoms with van der Waals surface area (Å²) in [7, 11) is 0. The lowest BCUT2D eigenvalue weighted by Crippen LogP contribution is -2.15. The first-order valence-corrected chi connectivity index (χ1v) is 9.33. The Balaban J connectivity index is 1.34. The van der Waals surface area contributed by atoms with Crippen LogP contribution in [0.1, 0.15) is 11.1 Å². The van der Waals surface area contributed by atoms with Gasteiger partial charge in [-0.25, -0.2) is 9.97 Å². The second kappa shape index (κ2) is 8.26. The van der Waals surface area contributed by atoms with Crippen molar-refractivity contribution < 1.29 is 19.0 Å². The van der Waals surface area contributed by atoms with E-state index in [1.165, 1.54) is 6.33 Å². The van der Waals surface area contributed by atoms with Crippen LogP contribution in [0, 0.1) is 0 Å². The second-order valence-corrected chi connectivity index (χ2v) is 6.98. The lowest BCUT2D eigenvalue weighted by atomic mass is 10.1. The molecule has 4 rings (SSSR count). The minimum absolute atomic E-state index is 0.164. The third-order valence-electron chi connectivity index (χ3n) is 4.01. The van der Waals surface area contributed by atoms with Gasteiger partial charge in [-0.05, 0) is 35.4 Å². The van der Waals surface area contributed by atoms with Gasteiger partial charge in [-0.2, -0.15) is 0 Å². The van der Waals surface area contributed by atoms with Gasteiger partial charge in [0.2, 0.25) is 18.6 Å². The Kier molecular flexibility index (Phi) is 5.38. The van der Waals surface area contributed by atoms with E-state index < -0.39 is 0 Å². The fourth-order valence-corrected chi connectivity index (χ4v) is 2.91. The lowest BCUT2D eigenvalue weighted by Gasteiger charge is -2.08. The van der Waals surface area contributed by atoms with Gasteiger partial charge >= 0.3 is 0 Å². The predicted molar refractivity (Wildman–Crippen MR) is 105 cm³/mol. The fraction of sp³-hybridized carbons (Fsp3) is 0.150. The van der Waals surface area contributed by atoms with E-state index in [0.29, 0.717) is 24.1 Å². The van der Waals surface area contributed by atoms with Crippen LogP contribution in [-0.4, -0.2) is 22.7 Å². The van der Waals surface area contributed by atoms with Crippen LogP contribution < -0.4 is 19.5 Å². The molecular weight excluding hydrogens is 426 g/mol. The van der Waals surface area contributed by atoms with Gasteiger partial charge in [-0.1, -0.05) is 34.1 Å². The maximum atomic E-state index is 12.2. The maximum Gasteiger partial charge on any atom is 0.231 e. The van der Waals surface area contributed by atoms with Crippen molar-refractivity contribution in [1.82, 2.24) is 9.97 Å². The molecule has 0 fully saturated rings. The third-order valence-corrected chi connectivity index (χ3v) is 4.54. The highest BCUT2D eigenvalue weighted by Crippen LogP contribution is 2.32. The minimum Gasteiger partial charge on any atom is -0.473 e. The Bertz CT molecular complexity index is 995. The van der Waals surface area contributed by atoms with Crippen LogP contribution >= 0.6 is 15.9 Å². The first-order valence-electron chi connectivity index (χ1n) is 8.53. The third kappa shape index (κ3) is 4.58. The summed E-state index contributed by atoms with van der Waals surface area (Å²) < 4.78 is 17.3. The average Bonchev–Trinajstić information content (AvgIpc) is 3.16. The lowest BCUT2D eigenvalue weighted by molar-refractivity contribution is -0.115. The molecule has 3 aromatic rings. The van der Waals surface area contributed by atoms with Crippen molar-refractivity contribution in [2.45, 2.75) is 13.0 Å². The average molecular weight is 442 g/mol. The maximum absolute atomic E-state index is 12.2. The second-order valence-electron chi connectivity index (χ2n) is 6.07. The van der Waals surface area contributed by atoms with Crippen LogP contribution in [0.4, 0.5) is 5.82 Å². The molecule has 0 atom stereocenters. The number of hydrogen-bond acceptors (Lipinski definition) is 6. The summed E-state index contributed by atoms with van der Waals surface area (Å²) in [5, 5.41) is 2.76. The van der Waals surface area contributed by atoms with Gasteiger partial charge in [0.1, 0.15) is 18.8 Å². The number of ether oxygens (including phenoxy) is 3. The van der Waals surface area contributed by atoms with E-state index in [-0.39, 0.29) is 19.1 Å². The van der Waals surface area contributed by atoms with Gasteiger partial charge in [-0.3, -0.25) is 4.79 Å².